The summed E-state index contributed by atoms with van der Waals surface area (Å²) in [6.07, 6.45) is 3.72. The molecule has 1 aromatic rings. The number of aromatic nitrogens is 2. The molecule has 1 aliphatic heterocycles. The van der Waals surface area contributed by atoms with E-state index >= 15 is 0 Å². The van der Waals surface area contributed by atoms with Gasteiger partial charge in [-0.25, -0.2) is 0 Å². The number of nitrogens with zero attached hydrogens (tertiary/aromatic N) is 1. The van der Waals surface area contributed by atoms with Crippen LogP contribution in [-0.2, 0) is 9.53 Å². The first-order valence-corrected chi connectivity index (χ1v) is 5.65. The number of ether oxygens (including phenoxy) is 1. The van der Waals surface area contributed by atoms with Gasteiger partial charge in [0, 0.05) is 12.7 Å². The van der Waals surface area contributed by atoms with Gasteiger partial charge in [-0.05, 0) is 31.8 Å². The molecule has 0 aliphatic carbocycles. The van der Waals surface area contributed by atoms with Gasteiger partial charge in [0.2, 0.25) is 0 Å². The number of nitrogens with one attached hydrogen (secondary N) is 2. The minimum atomic E-state index is -0.249. The molecule has 5 heteroatoms. The molecule has 2 rings (SSSR count). The molecule has 2 unspecified atom stereocenters. The smallest absolute Gasteiger partial charge is 0.295 e. The van der Waals surface area contributed by atoms with Gasteiger partial charge in [-0.2, -0.15) is 5.10 Å². The maximum atomic E-state index is 11.2. The lowest BCUT2D eigenvalue weighted by molar-refractivity contribution is -0.116. The number of carbonyl (C=O) groups is 1. The monoisotopic (exact) mass is 233 g/mol. The summed E-state index contributed by atoms with van der Waals surface area (Å²) in [5.74, 6) is 4.75. The molecular formula is C12H15N3O2. The van der Waals surface area contributed by atoms with Crippen LogP contribution < -0.4 is 5.32 Å². The SMILES string of the molecule is CC#CC(=O)NCC1CCC(c2ccn[nH]2)O1. The van der Waals surface area contributed by atoms with Crippen LogP contribution in [0.4, 0.5) is 0 Å². The van der Waals surface area contributed by atoms with E-state index in [4.69, 9.17) is 4.74 Å². The van der Waals surface area contributed by atoms with Crippen LogP contribution in [0.25, 0.3) is 0 Å². The highest BCUT2D eigenvalue weighted by Gasteiger charge is 2.27. The molecule has 0 radical (unpaired) electrons. The molecule has 2 N–H and O–H groups in total. The van der Waals surface area contributed by atoms with Crippen LogP contribution in [0.5, 0.6) is 0 Å². The predicted molar refractivity (Wildman–Crippen MR) is 61.9 cm³/mol. The van der Waals surface area contributed by atoms with Crippen LogP contribution in [0.1, 0.15) is 31.6 Å². The van der Waals surface area contributed by atoms with E-state index in [1.165, 1.54) is 0 Å². The molecule has 1 fully saturated rings. The van der Waals surface area contributed by atoms with Crippen molar-refractivity contribution in [3.05, 3.63) is 18.0 Å². The Morgan fingerprint density at radius 3 is 3.29 bits per heavy atom. The Bertz CT molecular complexity index is 430. The zero-order valence-electron chi connectivity index (χ0n) is 9.69. The highest BCUT2D eigenvalue weighted by Crippen LogP contribution is 2.30. The van der Waals surface area contributed by atoms with Gasteiger partial charge < -0.3 is 10.1 Å². The second kappa shape index (κ2) is 5.51. The molecule has 2 heterocycles. The fourth-order valence-corrected chi connectivity index (χ4v) is 1.89. The third-order valence-corrected chi connectivity index (χ3v) is 2.71. The highest BCUT2D eigenvalue weighted by molar-refractivity contribution is 5.93. The van der Waals surface area contributed by atoms with Crippen molar-refractivity contribution in [1.82, 2.24) is 15.5 Å². The molecule has 1 aliphatic rings. The lowest BCUT2D eigenvalue weighted by Gasteiger charge is -2.12. The number of amides is 1. The standard InChI is InChI=1S/C12H15N3O2/c1-2-3-12(16)13-8-9-4-5-11(17-9)10-6-7-14-15-10/h6-7,9,11H,4-5,8H2,1H3,(H,13,16)(H,14,15). The first kappa shape index (κ1) is 11.7. The van der Waals surface area contributed by atoms with Gasteiger partial charge in [-0.3, -0.25) is 9.89 Å². The van der Waals surface area contributed by atoms with Gasteiger partial charge in [-0.15, -0.1) is 0 Å². The fraction of sp³-hybridized carbons (Fsp3) is 0.500. The maximum Gasteiger partial charge on any atom is 0.295 e. The Labute approximate surface area is 99.9 Å². The molecule has 0 bridgehead atoms. The molecule has 90 valence electrons. The largest absolute Gasteiger partial charge is 0.367 e. The Hall–Kier alpha value is -1.80. The van der Waals surface area contributed by atoms with Crippen LogP contribution in [0, 0.1) is 11.8 Å². The third kappa shape index (κ3) is 3.08. The first-order valence-electron chi connectivity index (χ1n) is 5.65. The number of carbonyl (C=O) groups excluding carboxylic acids is 1. The van der Waals surface area contributed by atoms with E-state index in [2.05, 4.69) is 27.4 Å². The van der Waals surface area contributed by atoms with Crippen molar-refractivity contribution in [2.45, 2.75) is 32.0 Å². The normalized spacial score (nSPS) is 22.9. The van der Waals surface area contributed by atoms with Gasteiger partial charge in [0.15, 0.2) is 0 Å². The number of rotatable bonds is 3. The summed E-state index contributed by atoms with van der Waals surface area (Å²) in [7, 11) is 0. The van der Waals surface area contributed by atoms with Crippen molar-refractivity contribution in [3.8, 4) is 11.8 Å². The predicted octanol–water partition coefficient (Wildman–Crippen LogP) is 0.769. The highest BCUT2D eigenvalue weighted by atomic mass is 16.5. The van der Waals surface area contributed by atoms with E-state index in [-0.39, 0.29) is 18.1 Å². The maximum absolute atomic E-state index is 11.2. The van der Waals surface area contributed by atoms with Gasteiger partial charge in [0.1, 0.15) is 0 Å². The zero-order chi connectivity index (χ0) is 12.1. The van der Waals surface area contributed by atoms with Crippen molar-refractivity contribution in [2.75, 3.05) is 6.54 Å². The van der Waals surface area contributed by atoms with Gasteiger partial charge >= 0.3 is 0 Å². The molecule has 1 aromatic heterocycles. The second-order valence-electron chi connectivity index (χ2n) is 3.92. The molecule has 1 amide bonds. The van der Waals surface area contributed by atoms with Crippen molar-refractivity contribution in [2.24, 2.45) is 0 Å². The van der Waals surface area contributed by atoms with Crippen LogP contribution >= 0.6 is 0 Å². The summed E-state index contributed by atoms with van der Waals surface area (Å²) in [5, 5.41) is 9.53. The van der Waals surface area contributed by atoms with E-state index < -0.39 is 0 Å². The Kier molecular flexibility index (Phi) is 3.78. The van der Waals surface area contributed by atoms with E-state index in [0.717, 1.165) is 18.5 Å². The molecule has 17 heavy (non-hydrogen) atoms. The summed E-state index contributed by atoms with van der Waals surface area (Å²) in [5.41, 5.74) is 0.993. The van der Waals surface area contributed by atoms with E-state index in [1.54, 1.807) is 13.1 Å². The van der Waals surface area contributed by atoms with Crippen LogP contribution in [0.2, 0.25) is 0 Å². The van der Waals surface area contributed by atoms with Crippen LogP contribution in [0.3, 0.4) is 0 Å². The van der Waals surface area contributed by atoms with Gasteiger partial charge in [-0.1, -0.05) is 5.92 Å². The van der Waals surface area contributed by atoms with Crippen LogP contribution in [-0.4, -0.2) is 28.8 Å². The summed E-state index contributed by atoms with van der Waals surface area (Å²) in [6.45, 7) is 2.15. The zero-order valence-corrected chi connectivity index (χ0v) is 9.69. The summed E-state index contributed by atoms with van der Waals surface area (Å²) in [4.78, 5) is 11.2. The van der Waals surface area contributed by atoms with E-state index in [0.29, 0.717) is 6.54 Å². The molecule has 5 nitrogen and oxygen atoms in total. The van der Waals surface area contributed by atoms with E-state index in [9.17, 15) is 4.79 Å². The molecule has 1 saturated heterocycles. The Balaban J connectivity index is 1.78. The molecule has 2 atom stereocenters. The Morgan fingerprint density at radius 1 is 1.71 bits per heavy atom. The number of hydrogen-bond donors (Lipinski definition) is 2. The topological polar surface area (TPSA) is 67.0 Å². The molecule has 0 aromatic carbocycles. The summed E-state index contributed by atoms with van der Waals surface area (Å²) < 4.78 is 5.80. The third-order valence-electron chi connectivity index (χ3n) is 2.71. The first-order chi connectivity index (χ1) is 8.29. The van der Waals surface area contributed by atoms with Crippen molar-refractivity contribution >= 4 is 5.91 Å². The second-order valence-corrected chi connectivity index (χ2v) is 3.92. The molecule has 0 saturated carbocycles. The molecular weight excluding hydrogens is 218 g/mol. The average Bonchev–Trinajstić information content (AvgIpc) is 2.97. The average molecular weight is 233 g/mol. The minimum Gasteiger partial charge on any atom is -0.367 e. The van der Waals surface area contributed by atoms with Gasteiger partial charge in [0.05, 0.1) is 17.9 Å². The van der Waals surface area contributed by atoms with E-state index in [1.807, 2.05) is 6.07 Å². The lowest BCUT2D eigenvalue weighted by atomic mass is 10.1. The van der Waals surface area contributed by atoms with Crippen molar-refractivity contribution < 1.29 is 9.53 Å². The lowest BCUT2D eigenvalue weighted by Crippen LogP contribution is -2.30. The van der Waals surface area contributed by atoms with Crippen molar-refractivity contribution in [1.29, 1.82) is 0 Å². The fourth-order valence-electron chi connectivity index (χ4n) is 1.89. The van der Waals surface area contributed by atoms with Crippen LogP contribution in [0.15, 0.2) is 12.3 Å². The quantitative estimate of drug-likeness (QED) is 0.758. The van der Waals surface area contributed by atoms with Crippen molar-refractivity contribution in [3.63, 3.8) is 0 Å². The summed E-state index contributed by atoms with van der Waals surface area (Å²) >= 11 is 0. The number of aromatic amines is 1. The Morgan fingerprint density at radius 2 is 2.59 bits per heavy atom. The summed E-state index contributed by atoms with van der Waals surface area (Å²) in [6, 6.07) is 1.91. The molecule has 0 spiro atoms. The number of H-pyrrole nitrogens is 1. The van der Waals surface area contributed by atoms with Gasteiger partial charge in [0.25, 0.3) is 5.91 Å². The minimum absolute atomic E-state index is 0.0610. The number of hydrogen-bond acceptors (Lipinski definition) is 3.